The van der Waals surface area contributed by atoms with Crippen LogP contribution in [0.1, 0.15) is 25.5 Å². The number of carbonyl (C=O) groups is 1. The fourth-order valence-corrected chi connectivity index (χ4v) is 4.12. The first-order valence-electron chi connectivity index (χ1n) is 10.9. The molecule has 204 valence electrons. The van der Waals surface area contributed by atoms with E-state index in [0.717, 1.165) is 16.4 Å². The molecule has 8 nitrogen and oxygen atoms in total. The zero-order valence-electron chi connectivity index (χ0n) is 19.6. The van der Waals surface area contributed by atoms with Crippen molar-refractivity contribution in [3.05, 3.63) is 52.1 Å². The first kappa shape index (κ1) is 28.2. The molecule has 1 aromatic heterocycles. The number of benzene rings is 1. The van der Waals surface area contributed by atoms with Crippen molar-refractivity contribution in [2.45, 2.75) is 44.3 Å². The fraction of sp³-hybridized carbons (Fsp3) is 0.500. The molecule has 0 radical (unpaired) electrons. The molecule has 37 heavy (non-hydrogen) atoms. The van der Waals surface area contributed by atoms with Gasteiger partial charge in [0.2, 0.25) is 5.95 Å². The summed E-state index contributed by atoms with van der Waals surface area (Å²) in [6.45, 7) is 3.90. The van der Waals surface area contributed by atoms with E-state index < -0.39 is 47.8 Å². The number of alkyl halides is 6. The summed E-state index contributed by atoms with van der Waals surface area (Å²) in [4.78, 5) is 29.0. The van der Waals surface area contributed by atoms with Crippen molar-refractivity contribution in [2.24, 2.45) is 0 Å². The average Bonchev–Trinajstić information content (AvgIpc) is 3.13. The van der Waals surface area contributed by atoms with Gasteiger partial charge >= 0.3 is 18.3 Å². The molecule has 2 aliphatic heterocycles. The summed E-state index contributed by atoms with van der Waals surface area (Å²) in [5.74, 6) is -3.05. The molecule has 15 heteroatoms. The number of ether oxygens (including phenoxy) is 1. The van der Waals surface area contributed by atoms with Crippen LogP contribution in [0.5, 0.6) is 0 Å². The molecule has 1 saturated heterocycles. The number of aliphatic carboxylic acids is 1. The molecule has 0 saturated carbocycles. The van der Waals surface area contributed by atoms with Gasteiger partial charge in [-0.25, -0.2) is 9.18 Å². The second-order valence-electron chi connectivity index (χ2n) is 8.61. The second kappa shape index (κ2) is 10.2. The summed E-state index contributed by atoms with van der Waals surface area (Å²) in [5, 5.41) is 7.12. The lowest BCUT2D eigenvalue weighted by atomic mass is 9.96. The molecule has 3 heterocycles. The Hall–Kier alpha value is -3.36. The van der Waals surface area contributed by atoms with Crippen molar-refractivity contribution in [3.63, 3.8) is 0 Å². The van der Waals surface area contributed by atoms with Gasteiger partial charge in [0.15, 0.2) is 5.54 Å². The summed E-state index contributed by atoms with van der Waals surface area (Å²) in [7, 11) is 0. The average molecular weight is 540 g/mol. The molecular formula is C22H23F7N4O4. The first-order valence-corrected chi connectivity index (χ1v) is 10.9. The summed E-state index contributed by atoms with van der Waals surface area (Å²) < 4.78 is 94.5. The lowest BCUT2D eigenvalue weighted by Gasteiger charge is -2.40. The van der Waals surface area contributed by atoms with Gasteiger partial charge in [-0.3, -0.25) is 9.36 Å². The van der Waals surface area contributed by atoms with Crippen LogP contribution in [0.2, 0.25) is 0 Å². The maximum Gasteiger partial charge on any atom is 0.490 e. The summed E-state index contributed by atoms with van der Waals surface area (Å²) in [5.41, 5.74) is -2.56. The van der Waals surface area contributed by atoms with Crippen molar-refractivity contribution >= 4 is 17.7 Å². The van der Waals surface area contributed by atoms with Crippen molar-refractivity contribution < 1.29 is 45.4 Å². The predicted octanol–water partition coefficient (Wildman–Crippen LogP) is 3.75. The van der Waals surface area contributed by atoms with Crippen LogP contribution in [0, 0.1) is 5.82 Å². The van der Waals surface area contributed by atoms with E-state index in [1.165, 1.54) is 24.3 Å². The number of halogens is 7. The number of carboxylic acids is 1. The Morgan fingerprint density at radius 3 is 2.24 bits per heavy atom. The van der Waals surface area contributed by atoms with Crippen LogP contribution in [0.4, 0.5) is 42.5 Å². The molecule has 1 aromatic carbocycles. The normalized spacial score (nSPS) is 20.7. The Bertz CT molecular complexity index is 1190. The van der Waals surface area contributed by atoms with Crippen molar-refractivity contribution in [3.8, 4) is 0 Å². The number of aromatic nitrogens is 2. The van der Waals surface area contributed by atoms with Crippen molar-refractivity contribution in [2.75, 3.05) is 36.1 Å². The highest BCUT2D eigenvalue weighted by atomic mass is 19.4. The number of carboxylic acid groups (broad SMARTS) is 1. The van der Waals surface area contributed by atoms with E-state index in [1.807, 2.05) is 4.90 Å². The van der Waals surface area contributed by atoms with Gasteiger partial charge in [0.1, 0.15) is 11.6 Å². The quantitative estimate of drug-likeness (QED) is 0.594. The SMILES string of the molecule is C[C@H](c1cccc(F)c1)N1c2nc(N3CCOCC3)cc(=O)n2C[C@@]1(C)C(F)(F)F.O=C(O)C(F)(F)F. The van der Waals surface area contributed by atoms with Crippen LogP contribution in [0.3, 0.4) is 0 Å². The molecule has 2 atom stereocenters. The summed E-state index contributed by atoms with van der Waals surface area (Å²) in [6, 6.07) is 5.85. The maximum absolute atomic E-state index is 14.2. The number of rotatable bonds is 3. The van der Waals surface area contributed by atoms with Crippen molar-refractivity contribution in [1.82, 2.24) is 9.55 Å². The minimum Gasteiger partial charge on any atom is -0.475 e. The monoisotopic (exact) mass is 540 g/mol. The lowest BCUT2D eigenvalue weighted by Crippen LogP contribution is -2.56. The Morgan fingerprint density at radius 1 is 1.14 bits per heavy atom. The smallest absolute Gasteiger partial charge is 0.475 e. The number of fused-ring (bicyclic) bond motifs is 1. The molecule has 0 spiro atoms. The van der Waals surface area contributed by atoms with Gasteiger partial charge in [-0.15, -0.1) is 0 Å². The minimum atomic E-state index is -5.08. The molecule has 4 rings (SSSR count). The zero-order valence-corrected chi connectivity index (χ0v) is 19.6. The van der Waals surface area contributed by atoms with Gasteiger partial charge < -0.3 is 19.6 Å². The highest BCUT2D eigenvalue weighted by molar-refractivity contribution is 5.73. The summed E-state index contributed by atoms with van der Waals surface area (Å²) >= 11 is 0. The number of morpholine rings is 1. The molecule has 2 aliphatic rings. The third-order valence-corrected chi connectivity index (χ3v) is 6.09. The maximum atomic E-state index is 14.2. The minimum absolute atomic E-state index is 0.0689. The Balaban J connectivity index is 0.000000479. The van der Waals surface area contributed by atoms with E-state index in [1.54, 1.807) is 13.0 Å². The molecule has 1 N–H and O–H groups in total. The van der Waals surface area contributed by atoms with Gasteiger partial charge in [-0.1, -0.05) is 12.1 Å². The van der Waals surface area contributed by atoms with Gasteiger partial charge in [-0.2, -0.15) is 31.3 Å². The number of nitrogens with zero attached hydrogens (tertiary/aromatic N) is 4. The third-order valence-electron chi connectivity index (χ3n) is 6.09. The zero-order chi connectivity index (χ0) is 27.8. The van der Waals surface area contributed by atoms with Crippen molar-refractivity contribution in [1.29, 1.82) is 0 Å². The van der Waals surface area contributed by atoms with E-state index in [2.05, 4.69) is 4.98 Å². The van der Waals surface area contributed by atoms with Gasteiger partial charge in [0, 0.05) is 19.2 Å². The van der Waals surface area contributed by atoms with Crippen LogP contribution in [-0.2, 0) is 16.1 Å². The Kier molecular flexibility index (Phi) is 7.77. The van der Waals surface area contributed by atoms with Gasteiger partial charge in [-0.05, 0) is 31.5 Å². The largest absolute Gasteiger partial charge is 0.490 e. The number of anilines is 2. The predicted molar refractivity (Wildman–Crippen MR) is 117 cm³/mol. The molecular weight excluding hydrogens is 517 g/mol. The second-order valence-corrected chi connectivity index (χ2v) is 8.61. The standard InChI is InChI=1S/C20H22F4N4O2.C2HF3O2/c1-13(14-4-3-5-15(21)10-14)28-18-25-16(26-6-8-30-9-7-26)11-17(29)27(18)12-19(28,2)20(22,23)24;3-2(4,5)1(6)7/h3-5,10-11,13H,6-9,12H2,1-2H3;(H,6,7)/t13-,19+;/m1./s1. The van der Waals surface area contributed by atoms with E-state index >= 15 is 0 Å². The highest BCUT2D eigenvalue weighted by Crippen LogP contribution is 2.47. The highest BCUT2D eigenvalue weighted by Gasteiger charge is 2.61. The van der Waals surface area contributed by atoms with Crippen LogP contribution < -0.4 is 15.4 Å². The van der Waals surface area contributed by atoms with E-state index in [-0.39, 0.29) is 5.95 Å². The molecule has 0 bridgehead atoms. The van der Waals surface area contributed by atoms with Gasteiger partial charge in [0.05, 0.1) is 25.8 Å². The molecule has 0 unspecified atom stereocenters. The fourth-order valence-electron chi connectivity index (χ4n) is 4.12. The Morgan fingerprint density at radius 2 is 1.73 bits per heavy atom. The topological polar surface area (TPSA) is 87.9 Å². The number of hydrogen-bond donors (Lipinski definition) is 1. The van der Waals surface area contributed by atoms with Crippen LogP contribution in [-0.4, -0.2) is 64.8 Å². The number of hydrogen-bond acceptors (Lipinski definition) is 6. The molecule has 2 aromatic rings. The van der Waals surface area contributed by atoms with Crippen LogP contribution >= 0.6 is 0 Å². The molecule has 0 amide bonds. The van der Waals surface area contributed by atoms with E-state index in [0.29, 0.717) is 37.7 Å². The van der Waals surface area contributed by atoms with Crippen LogP contribution in [0.25, 0.3) is 0 Å². The molecule has 1 fully saturated rings. The van der Waals surface area contributed by atoms with Crippen LogP contribution in [0.15, 0.2) is 35.1 Å². The Labute approximate surface area is 205 Å². The van der Waals surface area contributed by atoms with Gasteiger partial charge in [0.25, 0.3) is 5.56 Å². The lowest BCUT2D eigenvalue weighted by molar-refractivity contribution is -0.192. The summed E-state index contributed by atoms with van der Waals surface area (Å²) in [6.07, 6.45) is -9.73. The van der Waals surface area contributed by atoms with E-state index in [4.69, 9.17) is 14.6 Å². The van der Waals surface area contributed by atoms with E-state index in [9.17, 15) is 35.5 Å². The third kappa shape index (κ3) is 5.81. The first-order chi connectivity index (χ1) is 17.1. The molecule has 0 aliphatic carbocycles.